The molecule has 1 aliphatic rings. The Morgan fingerprint density at radius 2 is 2.29 bits per heavy atom. The first-order valence-electron chi connectivity index (χ1n) is 7.55. The van der Waals surface area contributed by atoms with Gasteiger partial charge in [0.15, 0.2) is 0 Å². The van der Waals surface area contributed by atoms with Gasteiger partial charge in [0.05, 0.1) is 12.1 Å². The molecule has 4 rings (SSSR count). The van der Waals surface area contributed by atoms with E-state index in [9.17, 15) is 4.79 Å². The molecule has 0 bridgehead atoms. The zero-order chi connectivity index (χ0) is 16.4. The SMILES string of the molecule is O=C(NCc1nnc(C2CNC2)s1)c1ccc(-n2ccnc2)nc1. The largest absolute Gasteiger partial charge is 0.345 e. The van der Waals surface area contributed by atoms with Gasteiger partial charge in [-0.1, -0.05) is 11.3 Å². The van der Waals surface area contributed by atoms with Crippen LogP contribution in [0.2, 0.25) is 0 Å². The Morgan fingerprint density at radius 3 is 2.96 bits per heavy atom. The van der Waals surface area contributed by atoms with Gasteiger partial charge in [-0.2, -0.15) is 0 Å². The molecule has 0 aromatic carbocycles. The molecule has 1 fully saturated rings. The van der Waals surface area contributed by atoms with E-state index in [0.29, 0.717) is 23.8 Å². The van der Waals surface area contributed by atoms with Crippen LogP contribution in [0.3, 0.4) is 0 Å². The van der Waals surface area contributed by atoms with Crippen LogP contribution in [0.15, 0.2) is 37.1 Å². The first-order valence-corrected chi connectivity index (χ1v) is 8.37. The van der Waals surface area contributed by atoms with Crippen molar-refractivity contribution in [3.05, 3.63) is 52.6 Å². The summed E-state index contributed by atoms with van der Waals surface area (Å²) in [4.78, 5) is 20.4. The summed E-state index contributed by atoms with van der Waals surface area (Å²) in [5.41, 5.74) is 0.506. The average Bonchev–Trinajstić information content (AvgIpc) is 3.23. The van der Waals surface area contributed by atoms with Crippen LogP contribution in [-0.2, 0) is 6.54 Å². The van der Waals surface area contributed by atoms with Crippen molar-refractivity contribution in [1.29, 1.82) is 0 Å². The highest BCUT2D eigenvalue weighted by Gasteiger charge is 2.23. The molecule has 122 valence electrons. The number of amides is 1. The smallest absolute Gasteiger partial charge is 0.253 e. The number of carbonyl (C=O) groups is 1. The lowest BCUT2D eigenvalue weighted by molar-refractivity contribution is 0.0950. The lowest BCUT2D eigenvalue weighted by Gasteiger charge is -2.23. The highest BCUT2D eigenvalue weighted by molar-refractivity contribution is 7.11. The lowest BCUT2D eigenvalue weighted by Crippen LogP contribution is -2.39. The fraction of sp³-hybridized carbons (Fsp3) is 0.267. The van der Waals surface area contributed by atoms with E-state index < -0.39 is 0 Å². The van der Waals surface area contributed by atoms with Gasteiger partial charge < -0.3 is 10.6 Å². The van der Waals surface area contributed by atoms with Crippen molar-refractivity contribution >= 4 is 17.2 Å². The van der Waals surface area contributed by atoms with Crippen molar-refractivity contribution in [2.75, 3.05) is 13.1 Å². The summed E-state index contributed by atoms with van der Waals surface area (Å²) in [6.45, 7) is 2.28. The van der Waals surface area contributed by atoms with Gasteiger partial charge in [-0.25, -0.2) is 9.97 Å². The molecule has 8 nitrogen and oxygen atoms in total. The predicted octanol–water partition coefficient (Wildman–Crippen LogP) is 0.736. The van der Waals surface area contributed by atoms with E-state index in [4.69, 9.17) is 0 Å². The Balaban J connectivity index is 1.36. The molecular formula is C15H15N7OS. The summed E-state index contributed by atoms with van der Waals surface area (Å²) >= 11 is 1.55. The molecule has 0 saturated carbocycles. The molecule has 0 unspecified atom stereocenters. The zero-order valence-electron chi connectivity index (χ0n) is 12.7. The molecule has 1 saturated heterocycles. The first-order chi connectivity index (χ1) is 11.8. The third-order valence-corrected chi connectivity index (χ3v) is 4.88. The van der Waals surface area contributed by atoms with E-state index in [1.54, 1.807) is 53.0 Å². The van der Waals surface area contributed by atoms with Crippen molar-refractivity contribution in [3.8, 4) is 5.82 Å². The van der Waals surface area contributed by atoms with E-state index in [1.165, 1.54) is 0 Å². The van der Waals surface area contributed by atoms with E-state index in [1.807, 2.05) is 0 Å². The molecule has 3 aromatic rings. The van der Waals surface area contributed by atoms with E-state index >= 15 is 0 Å². The number of hydrogen-bond acceptors (Lipinski definition) is 7. The van der Waals surface area contributed by atoms with Crippen LogP contribution in [0.25, 0.3) is 5.82 Å². The summed E-state index contributed by atoms with van der Waals surface area (Å²) in [5, 5.41) is 16.2. The molecule has 1 aliphatic heterocycles. The van der Waals surface area contributed by atoms with Gasteiger partial charge in [0.2, 0.25) is 0 Å². The molecule has 3 aromatic heterocycles. The molecule has 0 spiro atoms. The van der Waals surface area contributed by atoms with Crippen LogP contribution < -0.4 is 10.6 Å². The van der Waals surface area contributed by atoms with Crippen molar-refractivity contribution in [2.24, 2.45) is 0 Å². The number of pyridine rings is 1. The second kappa shape index (κ2) is 6.46. The molecule has 0 atom stereocenters. The van der Waals surface area contributed by atoms with E-state index in [-0.39, 0.29) is 5.91 Å². The predicted molar refractivity (Wildman–Crippen MR) is 88.0 cm³/mol. The fourth-order valence-electron chi connectivity index (χ4n) is 2.29. The maximum atomic E-state index is 12.2. The van der Waals surface area contributed by atoms with Crippen LogP contribution in [0, 0.1) is 0 Å². The minimum Gasteiger partial charge on any atom is -0.345 e. The van der Waals surface area contributed by atoms with Crippen molar-refractivity contribution in [1.82, 2.24) is 35.4 Å². The maximum Gasteiger partial charge on any atom is 0.253 e. The average molecular weight is 341 g/mol. The van der Waals surface area contributed by atoms with Crippen LogP contribution >= 0.6 is 11.3 Å². The Hall–Kier alpha value is -2.65. The number of imidazole rings is 1. The Morgan fingerprint density at radius 1 is 1.38 bits per heavy atom. The minimum absolute atomic E-state index is 0.179. The second-order valence-corrected chi connectivity index (χ2v) is 6.54. The lowest BCUT2D eigenvalue weighted by atomic mass is 10.1. The topological polar surface area (TPSA) is 97.6 Å². The highest BCUT2D eigenvalue weighted by Crippen LogP contribution is 2.23. The molecule has 4 heterocycles. The maximum absolute atomic E-state index is 12.2. The van der Waals surface area contributed by atoms with Crippen molar-refractivity contribution in [2.45, 2.75) is 12.5 Å². The fourth-order valence-corrected chi connectivity index (χ4v) is 3.17. The number of nitrogens with zero attached hydrogens (tertiary/aromatic N) is 5. The molecule has 0 radical (unpaired) electrons. The molecule has 0 aliphatic carbocycles. The number of nitrogens with one attached hydrogen (secondary N) is 2. The van der Waals surface area contributed by atoms with Gasteiger partial charge in [-0.3, -0.25) is 9.36 Å². The van der Waals surface area contributed by atoms with Crippen molar-refractivity contribution in [3.63, 3.8) is 0 Å². The summed E-state index contributed by atoms with van der Waals surface area (Å²) in [5.74, 6) is 1.00. The standard InChI is InChI=1S/C15H15N7OS/c23-14(10-1-2-12(18-7-10)22-4-3-16-9-22)19-8-13-20-21-15(24-13)11-5-17-6-11/h1-4,7,9,11,17H,5-6,8H2,(H,19,23). The number of rotatable bonds is 5. The monoisotopic (exact) mass is 341 g/mol. The van der Waals surface area contributed by atoms with Crippen LogP contribution in [0.1, 0.15) is 26.3 Å². The summed E-state index contributed by atoms with van der Waals surface area (Å²) in [6.07, 6.45) is 6.69. The van der Waals surface area contributed by atoms with Gasteiger partial charge >= 0.3 is 0 Å². The number of aromatic nitrogens is 5. The molecular weight excluding hydrogens is 326 g/mol. The summed E-state index contributed by atoms with van der Waals surface area (Å²) in [6, 6.07) is 3.52. The van der Waals surface area contributed by atoms with Gasteiger partial charge in [-0.15, -0.1) is 10.2 Å². The summed E-state index contributed by atoms with van der Waals surface area (Å²) in [7, 11) is 0. The highest BCUT2D eigenvalue weighted by atomic mass is 32.1. The third-order valence-electron chi connectivity index (χ3n) is 3.79. The third kappa shape index (κ3) is 3.03. The molecule has 2 N–H and O–H groups in total. The van der Waals surface area contributed by atoms with Crippen LogP contribution in [-0.4, -0.2) is 43.7 Å². The number of carbonyl (C=O) groups excluding carboxylic acids is 1. The van der Waals surface area contributed by atoms with E-state index in [0.717, 1.165) is 23.1 Å². The van der Waals surface area contributed by atoms with Crippen molar-refractivity contribution < 1.29 is 4.79 Å². The van der Waals surface area contributed by atoms with Crippen LogP contribution in [0.5, 0.6) is 0 Å². The minimum atomic E-state index is -0.179. The molecule has 24 heavy (non-hydrogen) atoms. The Bertz CT molecular complexity index is 824. The van der Waals surface area contributed by atoms with Gasteiger partial charge in [0, 0.05) is 37.6 Å². The van der Waals surface area contributed by atoms with Crippen LogP contribution in [0.4, 0.5) is 0 Å². The first kappa shape index (κ1) is 14.9. The zero-order valence-corrected chi connectivity index (χ0v) is 13.5. The Kier molecular flexibility index (Phi) is 4.01. The van der Waals surface area contributed by atoms with Gasteiger partial charge in [0.25, 0.3) is 5.91 Å². The normalized spacial score (nSPS) is 14.3. The van der Waals surface area contributed by atoms with E-state index in [2.05, 4.69) is 30.8 Å². The number of hydrogen-bond donors (Lipinski definition) is 2. The Labute approximate surface area is 142 Å². The quantitative estimate of drug-likeness (QED) is 0.710. The second-order valence-electron chi connectivity index (χ2n) is 5.45. The molecule has 9 heteroatoms. The summed E-state index contributed by atoms with van der Waals surface area (Å²) < 4.78 is 1.78. The molecule has 1 amide bonds. The van der Waals surface area contributed by atoms with Gasteiger partial charge in [0.1, 0.15) is 22.2 Å². The van der Waals surface area contributed by atoms with Gasteiger partial charge in [-0.05, 0) is 12.1 Å².